The summed E-state index contributed by atoms with van der Waals surface area (Å²) in [4.78, 5) is 19.1. The molecule has 5 nitrogen and oxygen atoms in total. The maximum atomic E-state index is 11.5. The van der Waals surface area contributed by atoms with Crippen LogP contribution in [0.4, 0.5) is 0 Å². The van der Waals surface area contributed by atoms with Crippen LogP contribution >= 0.6 is 11.6 Å². The minimum atomic E-state index is -0.361. The second-order valence-corrected chi connectivity index (χ2v) is 3.37. The molecule has 1 aromatic rings. The lowest BCUT2D eigenvalue weighted by Crippen LogP contribution is -2.37. The molecule has 0 spiro atoms. The molecule has 82 valence electrons. The first-order chi connectivity index (χ1) is 7.17. The van der Waals surface area contributed by atoms with Crippen LogP contribution in [0, 0.1) is 0 Å². The fourth-order valence-electron chi connectivity index (χ4n) is 0.966. The molecule has 0 aromatic carbocycles. The molecular formula is C9H12ClN3O2. The molecule has 6 heteroatoms. The molecule has 15 heavy (non-hydrogen) atoms. The zero-order valence-electron chi connectivity index (χ0n) is 8.27. The summed E-state index contributed by atoms with van der Waals surface area (Å²) in [5.41, 5.74) is 0.186. The van der Waals surface area contributed by atoms with E-state index in [1.54, 1.807) is 0 Å². The van der Waals surface area contributed by atoms with E-state index in [-0.39, 0.29) is 29.4 Å². The second kappa shape index (κ2) is 5.63. The number of rotatable bonds is 4. The number of nitrogens with zero attached hydrogens (tertiary/aromatic N) is 2. The van der Waals surface area contributed by atoms with Gasteiger partial charge in [-0.25, -0.2) is 9.97 Å². The van der Waals surface area contributed by atoms with Gasteiger partial charge in [0.15, 0.2) is 0 Å². The number of hydrogen-bond acceptors (Lipinski definition) is 4. The third-order valence-corrected chi connectivity index (χ3v) is 2.10. The number of nitrogens with one attached hydrogen (secondary N) is 1. The Labute approximate surface area is 92.5 Å². The number of aromatic nitrogens is 2. The van der Waals surface area contributed by atoms with Gasteiger partial charge in [0.25, 0.3) is 5.91 Å². The van der Waals surface area contributed by atoms with Gasteiger partial charge in [-0.2, -0.15) is 0 Å². The van der Waals surface area contributed by atoms with Crippen LogP contribution in [0.25, 0.3) is 0 Å². The number of carbonyl (C=O) groups excluding carboxylic acids is 1. The third kappa shape index (κ3) is 3.45. The molecule has 0 unspecified atom stereocenters. The molecule has 0 aliphatic rings. The van der Waals surface area contributed by atoms with Crippen molar-refractivity contribution in [2.45, 2.75) is 19.4 Å². The minimum absolute atomic E-state index is 0.0940. The van der Waals surface area contributed by atoms with Crippen LogP contribution in [0.2, 0.25) is 5.15 Å². The number of amides is 1. The molecular weight excluding hydrogens is 218 g/mol. The average Bonchev–Trinajstić information content (AvgIpc) is 2.26. The largest absolute Gasteiger partial charge is 0.394 e. The highest BCUT2D eigenvalue weighted by molar-refractivity contribution is 6.29. The summed E-state index contributed by atoms with van der Waals surface area (Å²) >= 11 is 5.53. The highest BCUT2D eigenvalue weighted by Gasteiger charge is 2.12. The van der Waals surface area contributed by atoms with Gasteiger partial charge < -0.3 is 10.4 Å². The number of carbonyl (C=O) groups is 1. The van der Waals surface area contributed by atoms with Crippen LogP contribution in [0.5, 0.6) is 0 Å². The predicted molar refractivity (Wildman–Crippen MR) is 55.7 cm³/mol. The van der Waals surface area contributed by atoms with Crippen molar-refractivity contribution < 1.29 is 9.90 Å². The molecule has 2 N–H and O–H groups in total. The van der Waals surface area contributed by atoms with Crippen LogP contribution in [-0.4, -0.2) is 33.6 Å². The molecule has 0 fully saturated rings. The summed E-state index contributed by atoms with van der Waals surface area (Å²) in [5, 5.41) is 11.7. The lowest BCUT2D eigenvalue weighted by Gasteiger charge is -2.12. The summed E-state index contributed by atoms with van der Waals surface area (Å²) < 4.78 is 0. The van der Waals surface area contributed by atoms with Gasteiger partial charge in [0.05, 0.1) is 25.0 Å². The summed E-state index contributed by atoms with van der Waals surface area (Å²) in [6.07, 6.45) is 3.25. The number of aliphatic hydroxyl groups excluding tert-OH is 1. The van der Waals surface area contributed by atoms with Gasteiger partial charge in [-0.15, -0.1) is 0 Å². The smallest absolute Gasteiger partial charge is 0.271 e. The Balaban J connectivity index is 2.64. The molecule has 1 rings (SSSR count). The first-order valence-electron chi connectivity index (χ1n) is 4.56. The van der Waals surface area contributed by atoms with Crippen molar-refractivity contribution in [2.75, 3.05) is 6.61 Å². The van der Waals surface area contributed by atoms with E-state index in [2.05, 4.69) is 15.3 Å². The van der Waals surface area contributed by atoms with Crippen molar-refractivity contribution in [3.63, 3.8) is 0 Å². The Morgan fingerprint density at radius 2 is 2.33 bits per heavy atom. The van der Waals surface area contributed by atoms with Crippen LogP contribution in [0.3, 0.4) is 0 Å². The average molecular weight is 230 g/mol. The lowest BCUT2D eigenvalue weighted by atomic mass is 10.2. The summed E-state index contributed by atoms with van der Waals surface area (Å²) in [6.45, 7) is 1.78. The number of hydrogen-bond donors (Lipinski definition) is 2. The van der Waals surface area contributed by atoms with Crippen molar-refractivity contribution in [2.24, 2.45) is 0 Å². The quantitative estimate of drug-likeness (QED) is 0.794. The summed E-state index contributed by atoms with van der Waals surface area (Å²) in [6, 6.07) is -0.255. The van der Waals surface area contributed by atoms with E-state index in [4.69, 9.17) is 16.7 Å². The fraction of sp³-hybridized carbons (Fsp3) is 0.444. The molecule has 0 saturated heterocycles. The van der Waals surface area contributed by atoms with Gasteiger partial charge in [-0.05, 0) is 6.42 Å². The molecule has 0 bridgehead atoms. The van der Waals surface area contributed by atoms with Gasteiger partial charge in [0.1, 0.15) is 10.8 Å². The maximum absolute atomic E-state index is 11.5. The van der Waals surface area contributed by atoms with Crippen LogP contribution in [0.1, 0.15) is 23.8 Å². The van der Waals surface area contributed by atoms with Gasteiger partial charge in [-0.3, -0.25) is 4.79 Å². The van der Waals surface area contributed by atoms with E-state index in [1.807, 2.05) is 6.92 Å². The van der Waals surface area contributed by atoms with E-state index in [0.29, 0.717) is 6.42 Å². The number of halogens is 1. The molecule has 1 amide bonds. The predicted octanol–water partition coefficient (Wildman–Crippen LogP) is 0.631. The summed E-state index contributed by atoms with van der Waals surface area (Å²) in [7, 11) is 0. The Morgan fingerprint density at radius 1 is 1.60 bits per heavy atom. The first kappa shape index (κ1) is 11.9. The zero-order valence-corrected chi connectivity index (χ0v) is 9.03. The monoisotopic (exact) mass is 229 g/mol. The first-order valence-corrected chi connectivity index (χ1v) is 4.94. The van der Waals surface area contributed by atoms with Crippen molar-refractivity contribution in [1.82, 2.24) is 15.3 Å². The Morgan fingerprint density at radius 3 is 2.80 bits per heavy atom. The Hall–Kier alpha value is -1.20. The molecule has 0 radical (unpaired) electrons. The maximum Gasteiger partial charge on any atom is 0.271 e. The molecule has 0 aliphatic carbocycles. The Bertz CT molecular complexity index is 325. The Kier molecular flexibility index (Phi) is 4.45. The van der Waals surface area contributed by atoms with Crippen molar-refractivity contribution in [3.05, 3.63) is 23.2 Å². The standard InChI is InChI=1S/C9H12ClN3O2/c1-2-6(5-14)13-9(15)7-3-12-8(10)4-11-7/h3-4,6,14H,2,5H2,1H3,(H,13,15)/t6-/m0/s1. The van der Waals surface area contributed by atoms with Crippen molar-refractivity contribution in [3.8, 4) is 0 Å². The molecule has 1 atom stereocenters. The molecule has 0 saturated carbocycles. The zero-order chi connectivity index (χ0) is 11.3. The van der Waals surface area contributed by atoms with Gasteiger partial charge in [0, 0.05) is 0 Å². The van der Waals surface area contributed by atoms with E-state index >= 15 is 0 Å². The number of aliphatic hydroxyl groups is 1. The van der Waals surface area contributed by atoms with Crippen LogP contribution in [0.15, 0.2) is 12.4 Å². The highest BCUT2D eigenvalue weighted by Crippen LogP contribution is 2.01. The summed E-state index contributed by atoms with van der Waals surface area (Å²) in [5.74, 6) is -0.361. The normalized spacial score (nSPS) is 12.2. The molecule has 1 heterocycles. The van der Waals surface area contributed by atoms with Crippen LogP contribution < -0.4 is 5.32 Å². The van der Waals surface area contributed by atoms with Gasteiger partial charge in [-0.1, -0.05) is 18.5 Å². The van der Waals surface area contributed by atoms with Crippen molar-refractivity contribution in [1.29, 1.82) is 0 Å². The second-order valence-electron chi connectivity index (χ2n) is 2.99. The minimum Gasteiger partial charge on any atom is -0.394 e. The fourth-order valence-corrected chi connectivity index (χ4v) is 1.06. The topological polar surface area (TPSA) is 75.1 Å². The van der Waals surface area contributed by atoms with Gasteiger partial charge >= 0.3 is 0 Å². The van der Waals surface area contributed by atoms with Crippen LogP contribution in [-0.2, 0) is 0 Å². The van der Waals surface area contributed by atoms with E-state index in [1.165, 1.54) is 12.4 Å². The molecule has 1 aromatic heterocycles. The van der Waals surface area contributed by atoms with E-state index in [9.17, 15) is 4.79 Å². The lowest BCUT2D eigenvalue weighted by molar-refractivity contribution is 0.0909. The SMILES string of the molecule is CC[C@@H](CO)NC(=O)c1cnc(Cl)cn1. The highest BCUT2D eigenvalue weighted by atomic mass is 35.5. The third-order valence-electron chi connectivity index (χ3n) is 1.90. The van der Waals surface area contributed by atoms with E-state index in [0.717, 1.165) is 0 Å². The molecule has 0 aliphatic heterocycles. The van der Waals surface area contributed by atoms with Gasteiger partial charge in [0.2, 0.25) is 0 Å². The van der Waals surface area contributed by atoms with Crippen molar-refractivity contribution >= 4 is 17.5 Å². The van der Waals surface area contributed by atoms with E-state index < -0.39 is 0 Å².